The Labute approximate surface area is 195 Å². The van der Waals surface area contributed by atoms with Crippen LogP contribution in [0.2, 0.25) is 0 Å². The van der Waals surface area contributed by atoms with Gasteiger partial charge in [0.05, 0.1) is 5.75 Å². The van der Waals surface area contributed by atoms with E-state index in [4.69, 9.17) is 4.55 Å². The minimum atomic E-state index is -3.95. The normalized spacial score (nSPS) is 12.4. The Hall–Kier alpha value is 0.120. The van der Waals surface area contributed by atoms with Crippen molar-refractivity contribution in [3.8, 4) is 0 Å². The summed E-state index contributed by atoms with van der Waals surface area (Å²) in [4.78, 5) is 3.73. The average Bonchev–Trinajstić information content (AvgIpc) is 2.61. The van der Waals surface area contributed by atoms with Gasteiger partial charge in [-0.1, -0.05) is 96.1 Å². The molecule has 0 aromatic carbocycles. The van der Waals surface area contributed by atoms with Crippen LogP contribution in [0.4, 0.5) is 0 Å². The predicted molar refractivity (Wildman–Crippen MR) is 113 cm³/mol. The summed E-state index contributed by atoms with van der Waals surface area (Å²) < 4.78 is 29.6. The van der Waals surface area contributed by atoms with Gasteiger partial charge in [0, 0.05) is 6.54 Å². The van der Waals surface area contributed by atoms with Crippen LogP contribution in [0.15, 0.2) is 17.1 Å². The summed E-state index contributed by atoms with van der Waals surface area (Å²) in [5.41, 5.74) is 0. The molecule has 5 nitrogen and oxygen atoms in total. The number of rotatable bonds is 19. The molecule has 0 saturated heterocycles. The van der Waals surface area contributed by atoms with E-state index in [2.05, 4.69) is 11.9 Å². The van der Waals surface area contributed by atoms with E-state index >= 15 is 0 Å². The Kier molecular flexibility index (Phi) is 23.6. The van der Waals surface area contributed by atoms with Crippen molar-refractivity contribution in [2.24, 2.45) is 4.99 Å². The van der Waals surface area contributed by atoms with Gasteiger partial charge in [0.2, 0.25) is 0 Å². The molecular weight excluding hydrogens is 385 g/mol. The van der Waals surface area contributed by atoms with Gasteiger partial charge in [0.1, 0.15) is 0 Å². The van der Waals surface area contributed by atoms with Crippen LogP contribution in [0.1, 0.15) is 103 Å². The van der Waals surface area contributed by atoms with Crippen molar-refractivity contribution in [1.82, 2.24) is 0 Å². The monoisotopic (exact) mass is 425 g/mol. The summed E-state index contributed by atoms with van der Waals surface area (Å²) >= 11 is 0. The molecule has 0 aliphatic carbocycles. The molecule has 0 bridgehead atoms. The minimum absolute atomic E-state index is 0. The Balaban J connectivity index is 0. The van der Waals surface area contributed by atoms with Crippen LogP contribution < -0.4 is 34.7 Å². The van der Waals surface area contributed by atoms with Gasteiger partial charge in [-0.2, -0.15) is 8.42 Å². The van der Waals surface area contributed by atoms with E-state index in [0.29, 0.717) is 0 Å². The molecule has 0 amide bonds. The van der Waals surface area contributed by atoms with Gasteiger partial charge in [0.25, 0.3) is 10.1 Å². The number of hydrogen-bond acceptors (Lipinski definition) is 4. The Morgan fingerprint density at radius 1 is 0.857 bits per heavy atom. The molecule has 0 fully saturated rings. The fourth-order valence-electron chi connectivity index (χ4n) is 2.95. The summed E-state index contributed by atoms with van der Waals surface area (Å²) in [5, 5.41) is 11.4. The molecule has 0 aliphatic rings. The van der Waals surface area contributed by atoms with Crippen molar-refractivity contribution in [3.05, 3.63) is 12.2 Å². The van der Waals surface area contributed by atoms with Crippen LogP contribution in [0.25, 0.3) is 0 Å². The number of aliphatic imine (C=N–C) groups is 1. The summed E-state index contributed by atoms with van der Waals surface area (Å²) in [7, 11) is -3.95. The van der Waals surface area contributed by atoms with Gasteiger partial charge in [-0.25, -0.2) is 0 Å². The third kappa shape index (κ3) is 26.1. The average molecular weight is 426 g/mol. The van der Waals surface area contributed by atoms with E-state index in [9.17, 15) is 13.5 Å². The van der Waals surface area contributed by atoms with E-state index in [0.717, 1.165) is 12.8 Å². The van der Waals surface area contributed by atoms with Gasteiger partial charge >= 0.3 is 29.6 Å². The van der Waals surface area contributed by atoms with Crippen LogP contribution in [0, 0.1) is 0 Å². The maximum atomic E-state index is 11.4. The van der Waals surface area contributed by atoms with Crippen LogP contribution in [-0.2, 0) is 10.1 Å². The Morgan fingerprint density at radius 2 is 1.32 bits per heavy atom. The van der Waals surface area contributed by atoms with Crippen LogP contribution in [0.5, 0.6) is 0 Å². The van der Waals surface area contributed by atoms with Gasteiger partial charge < -0.3 is 10.1 Å². The number of unbranched alkanes of at least 4 members (excludes halogenated alkanes) is 13. The first kappa shape index (κ1) is 30.3. The first-order valence-electron chi connectivity index (χ1n) is 10.8. The summed E-state index contributed by atoms with van der Waals surface area (Å²) in [6, 6.07) is 0. The fraction of sp³-hybridized carbons (Fsp3) is 0.857. The number of hydrogen-bond donors (Lipinski definition) is 1. The zero-order valence-electron chi connectivity index (χ0n) is 18.2. The van der Waals surface area contributed by atoms with Crippen molar-refractivity contribution < 1.29 is 47.6 Å². The molecular formula is C21H40NNaO4S. The fourth-order valence-corrected chi connectivity index (χ4v) is 3.45. The Morgan fingerprint density at radius 3 is 1.79 bits per heavy atom. The maximum absolute atomic E-state index is 11.4. The molecule has 0 unspecified atom stereocenters. The predicted octanol–water partition coefficient (Wildman–Crippen LogP) is 2.06. The Bertz CT molecular complexity index is 493. The molecule has 0 spiro atoms. The van der Waals surface area contributed by atoms with Crippen LogP contribution in [-0.4, -0.2) is 31.2 Å². The van der Waals surface area contributed by atoms with E-state index in [1.807, 2.05) is 6.08 Å². The van der Waals surface area contributed by atoms with Gasteiger partial charge in [-0.15, -0.1) is 0 Å². The summed E-state index contributed by atoms with van der Waals surface area (Å²) in [6.45, 7) is 2.38. The molecule has 0 aromatic rings. The van der Waals surface area contributed by atoms with Crippen molar-refractivity contribution in [1.29, 1.82) is 0 Å². The standard InChI is InChI=1S/C21H41NO4S.Na/c1-2-3-4-5-6-7-8-9-10-11-12-13-14-15-16-18-21(23)22-19-17-20-27(24,25)26;/h16,18H,2-15,17,19-20H2,1H3,(H,22,23)(H,24,25,26);/q;+1/p-1/b18-16+;. The first-order chi connectivity index (χ1) is 13.0. The molecule has 0 heterocycles. The van der Waals surface area contributed by atoms with Gasteiger partial charge in [0.15, 0.2) is 0 Å². The summed E-state index contributed by atoms with van der Waals surface area (Å²) in [6.07, 6.45) is 21.6. The van der Waals surface area contributed by atoms with E-state index in [1.54, 1.807) is 0 Å². The minimum Gasteiger partial charge on any atom is -0.859 e. The zero-order chi connectivity index (χ0) is 20.2. The molecule has 0 aliphatic heterocycles. The van der Waals surface area contributed by atoms with Crippen LogP contribution >= 0.6 is 0 Å². The molecule has 160 valence electrons. The van der Waals surface area contributed by atoms with E-state index in [-0.39, 0.29) is 54.2 Å². The molecule has 0 rings (SSSR count). The molecule has 0 aromatic heterocycles. The van der Waals surface area contributed by atoms with Gasteiger partial charge in [-0.05, 0) is 25.2 Å². The second-order valence-electron chi connectivity index (χ2n) is 7.29. The molecule has 28 heavy (non-hydrogen) atoms. The smallest absolute Gasteiger partial charge is 0.859 e. The molecule has 0 saturated carbocycles. The van der Waals surface area contributed by atoms with Crippen molar-refractivity contribution in [3.63, 3.8) is 0 Å². The zero-order valence-corrected chi connectivity index (χ0v) is 21.0. The topological polar surface area (TPSA) is 89.8 Å². The van der Waals surface area contributed by atoms with Crippen LogP contribution in [0.3, 0.4) is 0 Å². The second kappa shape index (κ2) is 21.8. The van der Waals surface area contributed by atoms with Crippen molar-refractivity contribution in [2.45, 2.75) is 103 Å². The summed E-state index contributed by atoms with van der Waals surface area (Å²) in [5.74, 6) is -0.688. The van der Waals surface area contributed by atoms with Crippen molar-refractivity contribution >= 4 is 16.0 Å². The SMILES string of the molecule is CCCCCCCCCCCCCCC/C=C/C([O-])=NCCCS(=O)(=O)O.[Na+]. The van der Waals surface area contributed by atoms with E-state index in [1.165, 1.54) is 83.1 Å². The molecule has 1 N–H and O–H groups in total. The van der Waals surface area contributed by atoms with Gasteiger partial charge in [-0.3, -0.25) is 4.55 Å². The van der Waals surface area contributed by atoms with Crippen molar-refractivity contribution in [2.75, 3.05) is 12.3 Å². The second-order valence-corrected chi connectivity index (χ2v) is 8.87. The first-order valence-corrected chi connectivity index (χ1v) is 12.4. The molecule has 0 radical (unpaired) electrons. The third-order valence-corrected chi connectivity index (χ3v) is 5.37. The largest absolute Gasteiger partial charge is 1.00 e. The number of allylic oxidation sites excluding steroid dienone is 1. The maximum Gasteiger partial charge on any atom is 1.00 e. The molecule has 0 atom stereocenters. The third-order valence-electron chi connectivity index (χ3n) is 4.56. The van der Waals surface area contributed by atoms with E-state index < -0.39 is 10.1 Å². The quantitative estimate of drug-likeness (QED) is 0.113. The molecule has 7 heteroatoms. The number of nitrogens with zero attached hydrogens (tertiary/aromatic N) is 1.